The zero-order valence-corrected chi connectivity index (χ0v) is 21.6. The number of phenols is 3. The molecule has 11 N–H and O–H groups in total. The molecule has 0 amide bonds. The van der Waals surface area contributed by atoms with E-state index in [1.165, 1.54) is 24.3 Å². The fraction of sp³-hybridized carbons (Fsp3) is 0.444. The summed E-state index contributed by atoms with van der Waals surface area (Å²) in [7, 11) is 0. The first kappa shape index (κ1) is 30.1. The van der Waals surface area contributed by atoms with E-state index in [1.54, 1.807) is 0 Å². The van der Waals surface area contributed by atoms with Crippen LogP contribution in [0.25, 0.3) is 22.1 Å². The summed E-state index contributed by atoms with van der Waals surface area (Å²) in [5.41, 5.74) is -2.63. The van der Waals surface area contributed by atoms with Crippen LogP contribution in [0.4, 0.5) is 0 Å². The number of phenolic OH excluding ortho intramolecular Hbond substituents is 3. The fourth-order valence-corrected chi connectivity index (χ4v) is 5.43. The van der Waals surface area contributed by atoms with Gasteiger partial charge in [-0.05, 0) is 17.7 Å². The highest BCUT2D eigenvalue weighted by Crippen LogP contribution is 2.50. The number of rotatable bonds is 5. The smallest absolute Gasteiger partial charge is 0.204 e. The standard InChI is InChI=1S/C27H30O15/c28-5-11-17(32)21(36)23(38)26(41-11)14-19(34)13-16(31)10(8-1-3-9(30)4-2-8)7-40-25(13)15(20(14)35)27-24(39)22(37)18(33)12(6-29)42-27/h1-4,7,11-12,17-18,21-24,26-30,32-39H,5-6H2/t11-,12-,17+,18+,21+,22+,23+,24-,26-,27+/m0/s1. The summed E-state index contributed by atoms with van der Waals surface area (Å²) in [4.78, 5) is 13.8. The largest absolute Gasteiger partial charge is 0.508 e. The van der Waals surface area contributed by atoms with E-state index in [9.17, 15) is 61.0 Å². The van der Waals surface area contributed by atoms with Crippen LogP contribution < -0.4 is 5.43 Å². The Bertz CT molecular complexity index is 1500. The maximum atomic E-state index is 13.8. The van der Waals surface area contributed by atoms with Gasteiger partial charge < -0.3 is 70.1 Å². The zero-order chi connectivity index (χ0) is 30.6. The van der Waals surface area contributed by atoms with E-state index in [-0.39, 0.29) is 16.9 Å². The van der Waals surface area contributed by atoms with Crippen LogP contribution in [0.1, 0.15) is 23.3 Å². The average molecular weight is 595 g/mol. The predicted molar refractivity (Wildman–Crippen MR) is 138 cm³/mol. The molecule has 2 aliphatic rings. The molecule has 0 bridgehead atoms. The SMILES string of the molecule is O=c1c(-c2ccc(O)cc2)coc2c([C@H]3O[C@@H](CO)[C@@H](O)[C@@H](O)[C@@H]3O)c(O)c([C@@H]3O[C@@H](CO)[C@@H](O)[C@@H](O)[C@H]3O)c(O)c12. The van der Waals surface area contributed by atoms with E-state index in [4.69, 9.17) is 13.9 Å². The van der Waals surface area contributed by atoms with E-state index < -0.39 is 113 Å². The summed E-state index contributed by atoms with van der Waals surface area (Å²) >= 11 is 0. The van der Waals surface area contributed by atoms with Crippen molar-refractivity contribution in [1.29, 1.82) is 0 Å². The minimum absolute atomic E-state index is 0.105. The molecule has 0 unspecified atom stereocenters. The van der Waals surface area contributed by atoms with Crippen molar-refractivity contribution >= 4 is 11.0 Å². The van der Waals surface area contributed by atoms with Crippen LogP contribution in [0.2, 0.25) is 0 Å². The predicted octanol–water partition coefficient (Wildman–Crippen LogP) is -2.39. The molecule has 2 aromatic carbocycles. The van der Waals surface area contributed by atoms with Gasteiger partial charge in [0.1, 0.15) is 89.9 Å². The van der Waals surface area contributed by atoms with Crippen molar-refractivity contribution in [1.82, 2.24) is 0 Å². The molecule has 0 radical (unpaired) electrons. The van der Waals surface area contributed by atoms with Crippen molar-refractivity contribution in [3.8, 4) is 28.4 Å². The second kappa shape index (κ2) is 11.4. The summed E-state index contributed by atoms with van der Waals surface area (Å²) < 4.78 is 16.8. The van der Waals surface area contributed by atoms with Crippen molar-refractivity contribution in [2.45, 2.75) is 61.0 Å². The first-order valence-corrected chi connectivity index (χ1v) is 12.9. The third-order valence-corrected chi connectivity index (χ3v) is 7.77. The molecule has 15 heteroatoms. The number of aromatic hydroxyl groups is 3. The van der Waals surface area contributed by atoms with Gasteiger partial charge in [-0.3, -0.25) is 4.79 Å². The zero-order valence-electron chi connectivity index (χ0n) is 21.6. The normalized spacial score (nSPS) is 33.6. The average Bonchev–Trinajstić information content (AvgIpc) is 2.97. The van der Waals surface area contributed by atoms with Crippen LogP contribution in [-0.4, -0.2) is 118 Å². The van der Waals surface area contributed by atoms with Crippen LogP contribution >= 0.6 is 0 Å². The van der Waals surface area contributed by atoms with Crippen LogP contribution in [-0.2, 0) is 9.47 Å². The lowest BCUT2D eigenvalue weighted by atomic mass is 9.85. The van der Waals surface area contributed by atoms with Gasteiger partial charge >= 0.3 is 0 Å². The Morgan fingerprint density at radius 1 is 0.643 bits per heavy atom. The third kappa shape index (κ3) is 4.69. The topological polar surface area (TPSA) is 271 Å². The van der Waals surface area contributed by atoms with Crippen molar-refractivity contribution in [2.24, 2.45) is 0 Å². The van der Waals surface area contributed by atoms with Crippen LogP contribution in [0.5, 0.6) is 17.2 Å². The first-order chi connectivity index (χ1) is 19.9. The highest BCUT2D eigenvalue weighted by atomic mass is 16.6. The van der Waals surface area contributed by atoms with E-state index in [2.05, 4.69) is 0 Å². The van der Waals surface area contributed by atoms with Crippen molar-refractivity contribution < 1.29 is 70.1 Å². The monoisotopic (exact) mass is 594 g/mol. The number of aliphatic hydroxyl groups is 8. The molecule has 10 atom stereocenters. The Kier molecular flexibility index (Phi) is 8.16. The molecule has 3 aromatic rings. The first-order valence-electron chi connectivity index (χ1n) is 12.9. The molecule has 0 spiro atoms. The van der Waals surface area contributed by atoms with Crippen molar-refractivity contribution in [2.75, 3.05) is 13.2 Å². The van der Waals surface area contributed by atoms with Gasteiger partial charge in [-0.25, -0.2) is 0 Å². The van der Waals surface area contributed by atoms with Crippen molar-refractivity contribution in [3.63, 3.8) is 0 Å². The summed E-state index contributed by atoms with van der Waals surface area (Å²) in [6.45, 7) is -1.70. The molecule has 2 aliphatic heterocycles. The number of benzene rings is 2. The van der Waals surface area contributed by atoms with Gasteiger partial charge in [-0.15, -0.1) is 0 Å². The van der Waals surface area contributed by atoms with Gasteiger partial charge in [0.05, 0.1) is 29.9 Å². The lowest BCUT2D eigenvalue weighted by Crippen LogP contribution is -2.55. The Morgan fingerprint density at radius 2 is 1.14 bits per heavy atom. The third-order valence-electron chi connectivity index (χ3n) is 7.77. The molecular formula is C27H30O15. The maximum absolute atomic E-state index is 13.8. The molecule has 228 valence electrons. The van der Waals surface area contributed by atoms with E-state index >= 15 is 0 Å². The molecule has 15 nitrogen and oxygen atoms in total. The summed E-state index contributed by atoms with van der Waals surface area (Å²) in [6, 6.07) is 5.33. The summed E-state index contributed by atoms with van der Waals surface area (Å²) in [5.74, 6) is -2.09. The Labute approximate surface area is 235 Å². The lowest BCUT2D eigenvalue weighted by Gasteiger charge is -2.42. The van der Waals surface area contributed by atoms with Gasteiger partial charge in [0.25, 0.3) is 0 Å². The molecule has 3 heterocycles. The molecule has 1 aromatic heterocycles. The fourth-order valence-electron chi connectivity index (χ4n) is 5.43. The Balaban J connectivity index is 1.82. The molecule has 42 heavy (non-hydrogen) atoms. The molecule has 5 rings (SSSR count). The number of ether oxygens (including phenoxy) is 2. The quantitative estimate of drug-likeness (QED) is 0.147. The van der Waals surface area contributed by atoms with E-state index in [0.717, 1.165) is 6.26 Å². The lowest BCUT2D eigenvalue weighted by molar-refractivity contribution is -0.234. The molecule has 0 aliphatic carbocycles. The van der Waals surface area contributed by atoms with E-state index in [0.29, 0.717) is 0 Å². The minimum Gasteiger partial charge on any atom is -0.508 e. The highest BCUT2D eigenvalue weighted by molar-refractivity contribution is 5.93. The highest BCUT2D eigenvalue weighted by Gasteiger charge is 2.50. The van der Waals surface area contributed by atoms with Crippen LogP contribution in [0.15, 0.2) is 39.7 Å². The number of fused-ring (bicyclic) bond motifs is 1. The van der Waals surface area contributed by atoms with Crippen LogP contribution in [0.3, 0.4) is 0 Å². The Hall–Kier alpha value is -3.35. The van der Waals surface area contributed by atoms with Crippen molar-refractivity contribution in [3.05, 3.63) is 51.9 Å². The Morgan fingerprint density at radius 3 is 1.64 bits per heavy atom. The van der Waals surface area contributed by atoms with Crippen LogP contribution in [0, 0.1) is 0 Å². The molecular weight excluding hydrogens is 564 g/mol. The molecule has 2 fully saturated rings. The van der Waals surface area contributed by atoms with Gasteiger partial charge in [0.2, 0.25) is 5.43 Å². The number of hydrogen-bond acceptors (Lipinski definition) is 15. The molecule has 0 saturated carbocycles. The van der Waals surface area contributed by atoms with Gasteiger partial charge in [-0.2, -0.15) is 0 Å². The summed E-state index contributed by atoms with van der Waals surface area (Å²) in [6.07, 6.45) is -17.2. The van der Waals surface area contributed by atoms with Gasteiger partial charge in [-0.1, -0.05) is 12.1 Å². The molecule has 2 saturated heterocycles. The van der Waals surface area contributed by atoms with E-state index in [1.807, 2.05) is 0 Å². The van der Waals surface area contributed by atoms with Gasteiger partial charge in [0.15, 0.2) is 5.58 Å². The number of hydrogen-bond donors (Lipinski definition) is 11. The minimum atomic E-state index is -2.04. The number of aliphatic hydroxyl groups excluding tert-OH is 8. The summed E-state index contributed by atoms with van der Waals surface area (Å²) in [5, 5.41) is 114. The maximum Gasteiger partial charge on any atom is 0.204 e. The van der Waals surface area contributed by atoms with Gasteiger partial charge in [0, 0.05) is 0 Å². The second-order valence-electron chi connectivity index (χ2n) is 10.3. The second-order valence-corrected chi connectivity index (χ2v) is 10.3.